The fraction of sp³-hybridized carbons (Fsp3) is 0.158. The number of benzene rings is 2. The number of halogens is 1. The van der Waals surface area contributed by atoms with Crippen molar-refractivity contribution in [3.8, 4) is 5.69 Å². The summed E-state index contributed by atoms with van der Waals surface area (Å²) in [6.07, 6.45) is 3.51. The van der Waals surface area contributed by atoms with Crippen LogP contribution in [-0.2, 0) is 0 Å². The van der Waals surface area contributed by atoms with Crippen LogP contribution in [0, 0.1) is 12.7 Å². The average molecular weight is 335 g/mol. The molecule has 0 saturated heterocycles. The smallest absolute Gasteiger partial charge is 0.201 e. The van der Waals surface area contributed by atoms with Crippen molar-refractivity contribution in [2.75, 3.05) is 5.32 Å². The number of nitrogens with zero attached hydrogens (tertiary/aromatic N) is 3. The number of H-pyrrole nitrogens is 1. The van der Waals surface area contributed by atoms with Gasteiger partial charge in [0.15, 0.2) is 0 Å². The Bertz CT molecular complexity index is 1000. The minimum atomic E-state index is -0.307. The molecule has 0 amide bonds. The Morgan fingerprint density at radius 3 is 2.76 bits per heavy atom. The number of fused-ring (bicyclic) bond motifs is 1. The first-order valence-corrected chi connectivity index (χ1v) is 8.12. The second kappa shape index (κ2) is 6.05. The number of aromatic nitrogens is 4. The Kier molecular flexibility index (Phi) is 3.72. The molecule has 1 unspecified atom stereocenters. The lowest BCUT2D eigenvalue weighted by atomic mass is 10.1. The normalized spacial score (nSPS) is 12.4. The molecule has 5 nitrogen and oxygen atoms in total. The van der Waals surface area contributed by atoms with Gasteiger partial charge < -0.3 is 10.3 Å². The Balaban J connectivity index is 1.57. The molecule has 0 aliphatic rings. The van der Waals surface area contributed by atoms with E-state index in [1.807, 2.05) is 44.2 Å². The lowest BCUT2D eigenvalue weighted by Gasteiger charge is -2.14. The fourth-order valence-electron chi connectivity index (χ4n) is 2.83. The summed E-state index contributed by atoms with van der Waals surface area (Å²) < 4.78 is 16.0. The van der Waals surface area contributed by atoms with Gasteiger partial charge in [0.1, 0.15) is 11.5 Å². The van der Waals surface area contributed by atoms with Gasteiger partial charge in [0.2, 0.25) is 5.95 Å². The molecule has 2 N–H and O–H groups in total. The van der Waals surface area contributed by atoms with Gasteiger partial charge in [-0.15, -0.1) is 0 Å². The van der Waals surface area contributed by atoms with Crippen molar-refractivity contribution in [3.63, 3.8) is 0 Å². The largest absolute Gasteiger partial charge is 0.349 e. The summed E-state index contributed by atoms with van der Waals surface area (Å²) in [4.78, 5) is 7.71. The predicted molar refractivity (Wildman–Crippen MR) is 96.4 cm³/mol. The zero-order valence-corrected chi connectivity index (χ0v) is 14.0. The molecule has 4 rings (SSSR count). The first kappa shape index (κ1) is 15.4. The number of anilines is 1. The number of nitrogens with one attached hydrogen (secondary N) is 2. The number of para-hydroxylation sites is 2. The van der Waals surface area contributed by atoms with Gasteiger partial charge in [-0.1, -0.05) is 18.2 Å². The van der Waals surface area contributed by atoms with Crippen LogP contribution >= 0.6 is 0 Å². The number of hydrogen-bond acceptors (Lipinski definition) is 3. The van der Waals surface area contributed by atoms with Gasteiger partial charge in [-0.2, -0.15) is 5.10 Å². The Morgan fingerprint density at radius 2 is 2.04 bits per heavy atom. The van der Waals surface area contributed by atoms with Gasteiger partial charge >= 0.3 is 0 Å². The third-order valence-corrected chi connectivity index (χ3v) is 4.17. The minimum absolute atomic E-state index is 0.0940. The number of aromatic amines is 1. The molecular formula is C19H18FN5. The molecule has 1 atom stereocenters. The Morgan fingerprint density at radius 1 is 1.20 bits per heavy atom. The zero-order valence-electron chi connectivity index (χ0n) is 14.0. The molecular weight excluding hydrogens is 317 g/mol. The van der Waals surface area contributed by atoms with Crippen molar-refractivity contribution >= 4 is 17.0 Å². The van der Waals surface area contributed by atoms with Crippen molar-refractivity contribution < 1.29 is 4.39 Å². The first-order valence-electron chi connectivity index (χ1n) is 8.12. The first-order chi connectivity index (χ1) is 12.1. The van der Waals surface area contributed by atoms with E-state index in [0.717, 1.165) is 22.2 Å². The predicted octanol–water partition coefficient (Wildman–Crippen LogP) is 4.37. The van der Waals surface area contributed by atoms with E-state index in [2.05, 4.69) is 20.4 Å². The molecule has 0 aliphatic heterocycles. The highest BCUT2D eigenvalue weighted by Crippen LogP contribution is 2.23. The molecule has 25 heavy (non-hydrogen) atoms. The maximum atomic E-state index is 14.5. The van der Waals surface area contributed by atoms with Crippen LogP contribution in [0.4, 0.5) is 10.3 Å². The standard InChI is InChI=1S/C19H18FN5/c1-12-10-21-25(11-12)18-8-7-14(9-15(18)20)13(2)22-19-23-16-5-3-4-6-17(16)24-19/h3-11,13H,1-2H3,(H2,22,23,24). The third kappa shape index (κ3) is 2.98. The molecule has 2 heterocycles. The van der Waals surface area contributed by atoms with E-state index in [4.69, 9.17) is 0 Å². The summed E-state index contributed by atoms with van der Waals surface area (Å²) in [6, 6.07) is 12.9. The maximum Gasteiger partial charge on any atom is 0.201 e. The molecule has 2 aromatic heterocycles. The summed E-state index contributed by atoms with van der Waals surface area (Å²) in [7, 11) is 0. The Labute approximate surface area is 144 Å². The summed E-state index contributed by atoms with van der Waals surface area (Å²) in [5.74, 6) is 0.361. The number of aryl methyl sites for hydroxylation is 1. The highest BCUT2D eigenvalue weighted by molar-refractivity contribution is 5.77. The Hall–Kier alpha value is -3.15. The quantitative estimate of drug-likeness (QED) is 0.582. The molecule has 4 aromatic rings. The highest BCUT2D eigenvalue weighted by Gasteiger charge is 2.12. The molecule has 0 radical (unpaired) electrons. The average Bonchev–Trinajstić information content (AvgIpc) is 3.20. The van der Waals surface area contributed by atoms with Crippen molar-refractivity contribution in [3.05, 3.63) is 71.8 Å². The van der Waals surface area contributed by atoms with Crippen LogP contribution in [0.15, 0.2) is 54.9 Å². The van der Waals surface area contributed by atoms with Crippen LogP contribution in [0.3, 0.4) is 0 Å². The van der Waals surface area contributed by atoms with Gasteiger partial charge in [0.05, 0.1) is 23.3 Å². The van der Waals surface area contributed by atoms with Gasteiger partial charge in [0.25, 0.3) is 0 Å². The van der Waals surface area contributed by atoms with E-state index in [1.54, 1.807) is 23.1 Å². The van der Waals surface area contributed by atoms with Crippen molar-refractivity contribution in [1.82, 2.24) is 19.7 Å². The number of imidazole rings is 1. The molecule has 0 aliphatic carbocycles. The third-order valence-electron chi connectivity index (χ3n) is 4.17. The van der Waals surface area contributed by atoms with Crippen LogP contribution in [0.2, 0.25) is 0 Å². The van der Waals surface area contributed by atoms with Crippen LogP contribution in [-0.4, -0.2) is 19.7 Å². The molecule has 126 valence electrons. The van der Waals surface area contributed by atoms with Crippen LogP contribution in [0.1, 0.15) is 24.1 Å². The van der Waals surface area contributed by atoms with E-state index in [9.17, 15) is 4.39 Å². The van der Waals surface area contributed by atoms with Gasteiger partial charge in [-0.3, -0.25) is 0 Å². The second-order valence-corrected chi connectivity index (χ2v) is 6.14. The van der Waals surface area contributed by atoms with Crippen molar-refractivity contribution in [1.29, 1.82) is 0 Å². The van der Waals surface area contributed by atoms with Crippen LogP contribution < -0.4 is 5.32 Å². The maximum absolute atomic E-state index is 14.5. The van der Waals surface area contributed by atoms with Gasteiger partial charge in [-0.25, -0.2) is 14.1 Å². The zero-order chi connectivity index (χ0) is 17.4. The van der Waals surface area contributed by atoms with E-state index in [-0.39, 0.29) is 11.9 Å². The van der Waals surface area contributed by atoms with Crippen LogP contribution in [0.25, 0.3) is 16.7 Å². The van der Waals surface area contributed by atoms with E-state index in [0.29, 0.717) is 11.6 Å². The summed E-state index contributed by atoms with van der Waals surface area (Å²) in [5.41, 5.74) is 4.13. The van der Waals surface area contributed by atoms with E-state index < -0.39 is 0 Å². The molecule has 0 fully saturated rings. The minimum Gasteiger partial charge on any atom is -0.349 e. The lowest BCUT2D eigenvalue weighted by Crippen LogP contribution is -2.09. The molecule has 6 heteroatoms. The number of hydrogen-bond donors (Lipinski definition) is 2. The van der Waals surface area contributed by atoms with Gasteiger partial charge in [0, 0.05) is 6.20 Å². The fourth-order valence-corrected chi connectivity index (χ4v) is 2.83. The topological polar surface area (TPSA) is 58.5 Å². The molecule has 2 aromatic carbocycles. The van der Waals surface area contributed by atoms with Crippen LogP contribution in [0.5, 0.6) is 0 Å². The van der Waals surface area contributed by atoms with Gasteiger partial charge in [-0.05, 0) is 49.2 Å². The summed E-state index contributed by atoms with van der Waals surface area (Å²) >= 11 is 0. The van der Waals surface area contributed by atoms with E-state index >= 15 is 0 Å². The monoisotopic (exact) mass is 335 g/mol. The van der Waals surface area contributed by atoms with E-state index in [1.165, 1.54) is 6.07 Å². The lowest BCUT2D eigenvalue weighted by molar-refractivity contribution is 0.607. The SMILES string of the molecule is Cc1cnn(-c2ccc(C(C)Nc3nc4ccccc4[nH]3)cc2F)c1. The molecule has 0 spiro atoms. The molecule has 0 saturated carbocycles. The van der Waals surface area contributed by atoms with Crippen molar-refractivity contribution in [2.45, 2.75) is 19.9 Å². The highest BCUT2D eigenvalue weighted by atomic mass is 19.1. The van der Waals surface area contributed by atoms with Crippen molar-refractivity contribution in [2.24, 2.45) is 0 Å². The summed E-state index contributed by atoms with van der Waals surface area (Å²) in [6.45, 7) is 3.90. The second-order valence-electron chi connectivity index (χ2n) is 6.14. The summed E-state index contributed by atoms with van der Waals surface area (Å²) in [5, 5.41) is 7.44. The molecule has 0 bridgehead atoms. The number of rotatable bonds is 4.